The molecule has 0 aliphatic rings. The summed E-state index contributed by atoms with van der Waals surface area (Å²) in [5.41, 5.74) is 2.72. The van der Waals surface area contributed by atoms with E-state index >= 15 is 0 Å². The van der Waals surface area contributed by atoms with Crippen LogP contribution in [-0.4, -0.2) is 41.5 Å². The molecule has 2 aromatic carbocycles. The summed E-state index contributed by atoms with van der Waals surface area (Å²) in [6, 6.07) is 14.5. The number of carbonyl (C=O) groups excluding carboxylic acids is 2. The van der Waals surface area contributed by atoms with Crippen molar-refractivity contribution >= 4 is 46.0 Å². The van der Waals surface area contributed by atoms with Gasteiger partial charge in [0.15, 0.2) is 5.16 Å². The van der Waals surface area contributed by atoms with Crippen LogP contribution in [0.2, 0.25) is 0 Å². The molecule has 0 aliphatic carbocycles. The third kappa shape index (κ3) is 4.82. The highest BCUT2D eigenvalue weighted by Gasteiger charge is 2.15. The first-order chi connectivity index (χ1) is 15.8. The van der Waals surface area contributed by atoms with Gasteiger partial charge in [-0.25, -0.2) is 4.79 Å². The van der Waals surface area contributed by atoms with E-state index in [0.29, 0.717) is 22.4 Å². The smallest absolute Gasteiger partial charge is 0.326 e. The maximum atomic E-state index is 12.5. The zero-order chi connectivity index (χ0) is 23.5. The maximum Gasteiger partial charge on any atom is 0.328 e. The van der Waals surface area contributed by atoms with Crippen LogP contribution in [0.5, 0.6) is 0 Å². The van der Waals surface area contributed by atoms with Crippen LogP contribution in [0, 0.1) is 0 Å². The van der Waals surface area contributed by atoms with Gasteiger partial charge < -0.3 is 15.2 Å². The Balaban J connectivity index is 1.35. The molecule has 10 nitrogen and oxygen atoms in total. The minimum Gasteiger partial charge on any atom is -0.326 e. The van der Waals surface area contributed by atoms with Gasteiger partial charge in [0.2, 0.25) is 11.8 Å². The van der Waals surface area contributed by atoms with Gasteiger partial charge in [0.25, 0.3) is 0 Å². The molecule has 0 fully saturated rings. The summed E-state index contributed by atoms with van der Waals surface area (Å²) in [7, 11) is 5.16. The Morgan fingerprint density at radius 2 is 1.55 bits per heavy atom. The van der Waals surface area contributed by atoms with Gasteiger partial charge in [-0.15, -0.1) is 10.2 Å². The van der Waals surface area contributed by atoms with Crippen LogP contribution in [0.15, 0.2) is 58.5 Å². The van der Waals surface area contributed by atoms with Crippen molar-refractivity contribution in [3.05, 3.63) is 64.8 Å². The second-order valence-corrected chi connectivity index (χ2v) is 8.43. The number of hydrogen-bond acceptors (Lipinski definition) is 6. The summed E-state index contributed by atoms with van der Waals surface area (Å²) in [6.45, 7) is 0. The van der Waals surface area contributed by atoms with E-state index in [1.165, 1.54) is 16.3 Å². The molecule has 0 bridgehead atoms. The molecule has 0 spiro atoms. The summed E-state index contributed by atoms with van der Waals surface area (Å²) < 4.78 is 4.80. The molecule has 2 N–H and O–H groups in total. The standard InChI is InChI=1S/C22H23N7O3S/c1-27-16-10-9-15(11-17(16)28(2)22(27)32)24-20(31)13-33-21-26-25-18(29(21)3)12-19(30)23-14-7-5-4-6-8-14/h4-11H,12-13H2,1-3H3,(H,23,30)(H,24,31). The van der Waals surface area contributed by atoms with Crippen molar-refractivity contribution < 1.29 is 9.59 Å². The second kappa shape index (κ2) is 9.33. The van der Waals surface area contributed by atoms with Gasteiger partial charge in [0.1, 0.15) is 5.82 Å². The Bertz CT molecular complexity index is 1390. The molecular formula is C22H23N7O3S. The minimum atomic E-state index is -0.216. The number of carbonyl (C=O) groups is 2. The van der Waals surface area contributed by atoms with Crippen LogP contribution >= 0.6 is 11.8 Å². The van der Waals surface area contributed by atoms with Crippen LogP contribution in [0.1, 0.15) is 5.82 Å². The monoisotopic (exact) mass is 465 g/mol. The number of fused-ring (bicyclic) bond motifs is 1. The number of aromatic nitrogens is 5. The first-order valence-electron chi connectivity index (χ1n) is 10.1. The molecule has 2 aromatic heterocycles. The number of para-hydroxylation sites is 1. The van der Waals surface area contributed by atoms with Crippen molar-refractivity contribution in [2.75, 3.05) is 16.4 Å². The van der Waals surface area contributed by atoms with Gasteiger partial charge in [-0.3, -0.25) is 18.7 Å². The zero-order valence-electron chi connectivity index (χ0n) is 18.4. The van der Waals surface area contributed by atoms with Gasteiger partial charge in [-0.2, -0.15) is 0 Å². The number of rotatable bonds is 7. The molecule has 2 amide bonds. The highest BCUT2D eigenvalue weighted by molar-refractivity contribution is 7.99. The van der Waals surface area contributed by atoms with Crippen LogP contribution in [0.3, 0.4) is 0 Å². The van der Waals surface area contributed by atoms with E-state index in [-0.39, 0.29) is 29.7 Å². The van der Waals surface area contributed by atoms with Crippen molar-refractivity contribution in [2.45, 2.75) is 11.6 Å². The average Bonchev–Trinajstić information content (AvgIpc) is 3.25. The molecule has 0 radical (unpaired) electrons. The topological polar surface area (TPSA) is 116 Å². The quantitative estimate of drug-likeness (QED) is 0.403. The van der Waals surface area contributed by atoms with Crippen LogP contribution in [0.4, 0.5) is 11.4 Å². The third-order valence-corrected chi connectivity index (χ3v) is 6.21. The van der Waals surface area contributed by atoms with E-state index in [9.17, 15) is 14.4 Å². The maximum absolute atomic E-state index is 12.5. The molecule has 2 heterocycles. The number of nitrogens with one attached hydrogen (secondary N) is 2. The fraction of sp³-hybridized carbons (Fsp3) is 0.227. The van der Waals surface area contributed by atoms with E-state index in [4.69, 9.17) is 0 Å². The van der Waals surface area contributed by atoms with Crippen molar-refractivity contribution in [1.82, 2.24) is 23.9 Å². The molecule has 0 unspecified atom stereocenters. The van der Waals surface area contributed by atoms with E-state index in [1.807, 2.05) is 30.3 Å². The minimum absolute atomic E-state index is 0.0704. The van der Waals surface area contributed by atoms with Gasteiger partial charge in [-0.1, -0.05) is 30.0 Å². The number of nitrogens with zero attached hydrogens (tertiary/aromatic N) is 5. The van der Waals surface area contributed by atoms with E-state index in [2.05, 4.69) is 20.8 Å². The lowest BCUT2D eigenvalue weighted by molar-refractivity contribution is -0.116. The Labute approximate surface area is 193 Å². The van der Waals surface area contributed by atoms with Gasteiger partial charge >= 0.3 is 5.69 Å². The summed E-state index contributed by atoms with van der Waals surface area (Å²) in [4.78, 5) is 36.8. The number of amides is 2. The van der Waals surface area contributed by atoms with Crippen molar-refractivity contribution in [3.8, 4) is 0 Å². The van der Waals surface area contributed by atoms with E-state index < -0.39 is 0 Å². The van der Waals surface area contributed by atoms with Crippen molar-refractivity contribution in [3.63, 3.8) is 0 Å². The van der Waals surface area contributed by atoms with Crippen molar-refractivity contribution in [2.24, 2.45) is 21.1 Å². The lowest BCUT2D eigenvalue weighted by Crippen LogP contribution is -2.19. The number of thioether (sulfide) groups is 1. The van der Waals surface area contributed by atoms with Crippen LogP contribution in [0.25, 0.3) is 11.0 Å². The molecule has 0 aliphatic heterocycles. The van der Waals surface area contributed by atoms with E-state index in [1.54, 1.807) is 48.5 Å². The fourth-order valence-electron chi connectivity index (χ4n) is 3.41. The van der Waals surface area contributed by atoms with Crippen molar-refractivity contribution in [1.29, 1.82) is 0 Å². The summed E-state index contributed by atoms with van der Waals surface area (Å²) in [6.07, 6.45) is 0.0704. The van der Waals surface area contributed by atoms with Gasteiger partial charge in [0, 0.05) is 32.5 Å². The molecule has 0 atom stereocenters. The Kier molecular flexibility index (Phi) is 6.31. The number of aryl methyl sites for hydroxylation is 2. The molecular weight excluding hydrogens is 442 g/mol. The predicted octanol–water partition coefficient (Wildman–Crippen LogP) is 1.92. The molecule has 170 valence electrons. The number of hydrogen-bond donors (Lipinski definition) is 2. The third-order valence-electron chi connectivity index (χ3n) is 5.19. The largest absolute Gasteiger partial charge is 0.328 e. The Hall–Kier alpha value is -3.86. The molecule has 11 heteroatoms. The first kappa shape index (κ1) is 22.3. The van der Waals surface area contributed by atoms with Crippen LogP contribution in [-0.2, 0) is 37.2 Å². The first-order valence-corrected chi connectivity index (χ1v) is 11.1. The van der Waals surface area contributed by atoms with Gasteiger partial charge in [0.05, 0.1) is 23.2 Å². The number of anilines is 2. The highest BCUT2D eigenvalue weighted by Crippen LogP contribution is 2.20. The molecule has 0 saturated carbocycles. The summed E-state index contributed by atoms with van der Waals surface area (Å²) >= 11 is 1.23. The second-order valence-electron chi connectivity index (χ2n) is 7.49. The summed E-state index contributed by atoms with van der Waals surface area (Å²) in [5.74, 6) is 0.207. The normalized spacial score (nSPS) is 11.0. The summed E-state index contributed by atoms with van der Waals surface area (Å²) in [5, 5.41) is 14.4. The highest BCUT2D eigenvalue weighted by atomic mass is 32.2. The SMILES string of the molecule is Cn1c(CC(=O)Nc2ccccc2)nnc1SCC(=O)Nc1ccc2c(c1)n(C)c(=O)n2C. The molecule has 4 rings (SSSR count). The predicted molar refractivity (Wildman–Crippen MR) is 127 cm³/mol. The van der Waals surface area contributed by atoms with E-state index in [0.717, 1.165) is 11.0 Å². The molecule has 0 saturated heterocycles. The van der Waals surface area contributed by atoms with Gasteiger partial charge in [-0.05, 0) is 30.3 Å². The molecule has 4 aromatic rings. The molecule has 33 heavy (non-hydrogen) atoms. The Morgan fingerprint density at radius 3 is 2.30 bits per heavy atom. The number of imidazole rings is 1. The number of benzene rings is 2. The lowest BCUT2D eigenvalue weighted by atomic mass is 10.2. The lowest BCUT2D eigenvalue weighted by Gasteiger charge is -2.07. The fourth-order valence-corrected chi connectivity index (χ4v) is 4.14. The Morgan fingerprint density at radius 1 is 0.848 bits per heavy atom. The van der Waals surface area contributed by atoms with Crippen LogP contribution < -0.4 is 16.3 Å². The average molecular weight is 466 g/mol. The zero-order valence-corrected chi connectivity index (χ0v) is 19.2.